The van der Waals surface area contributed by atoms with Gasteiger partial charge < -0.3 is 19.4 Å². The number of amides is 2. The first kappa shape index (κ1) is 29.6. The summed E-state index contributed by atoms with van der Waals surface area (Å²) in [5.74, 6) is -1.57. The fourth-order valence-electron chi connectivity index (χ4n) is 5.46. The lowest BCUT2D eigenvalue weighted by Gasteiger charge is -2.39. The molecule has 10 heteroatoms. The van der Waals surface area contributed by atoms with Gasteiger partial charge >= 0.3 is 12.2 Å². The van der Waals surface area contributed by atoms with Crippen molar-refractivity contribution in [2.24, 2.45) is 0 Å². The number of halogens is 2. The van der Waals surface area contributed by atoms with E-state index in [4.69, 9.17) is 9.47 Å². The first-order chi connectivity index (χ1) is 21.9. The van der Waals surface area contributed by atoms with Gasteiger partial charge in [0, 0.05) is 29.6 Å². The number of carbonyl (C=O) groups is 3. The molecule has 0 saturated carbocycles. The quantitative estimate of drug-likeness (QED) is 0.202. The highest BCUT2D eigenvalue weighted by atomic mass is 19.1. The predicted octanol–water partition coefficient (Wildman–Crippen LogP) is 6.96. The van der Waals surface area contributed by atoms with Crippen LogP contribution < -0.4 is 0 Å². The standard InChI is InChI=1S/C35H29F2N3O5/c36-26-13-7-12-25(18-26)32-31(28-15-14-27(37)19-29(28)38-32)33(41)30-20-39(34(42)44-21-23-8-3-1-4-9-23)16-17-40(30)35(43)45-22-24-10-5-2-6-11-24/h1-15,18-19,30,38H,16-17,20-22H2. The minimum absolute atomic E-state index is 0.00323. The zero-order valence-electron chi connectivity index (χ0n) is 24.1. The SMILES string of the molecule is O=C(c1c(-c2cccc(F)c2)[nH]c2cc(F)ccc12)C1CN(C(=O)OCc2ccccc2)CCN1C(=O)OCc1ccccc1. The van der Waals surface area contributed by atoms with Gasteiger partial charge in [-0.2, -0.15) is 0 Å². The molecule has 1 aromatic heterocycles. The molecule has 4 aromatic carbocycles. The number of carbonyl (C=O) groups excluding carboxylic acids is 3. The third-order valence-electron chi connectivity index (χ3n) is 7.71. The Kier molecular flexibility index (Phi) is 8.54. The van der Waals surface area contributed by atoms with Gasteiger partial charge in [0.15, 0.2) is 5.78 Å². The van der Waals surface area contributed by atoms with E-state index in [9.17, 15) is 23.2 Å². The van der Waals surface area contributed by atoms with Gasteiger partial charge in [-0.25, -0.2) is 18.4 Å². The van der Waals surface area contributed by atoms with Crippen LogP contribution in [0.1, 0.15) is 21.5 Å². The maximum atomic E-state index is 14.5. The fraction of sp³-hybridized carbons (Fsp3) is 0.171. The number of aromatic nitrogens is 1. The summed E-state index contributed by atoms with van der Waals surface area (Å²) < 4.78 is 39.7. The van der Waals surface area contributed by atoms with Crippen LogP contribution in [0.15, 0.2) is 103 Å². The van der Waals surface area contributed by atoms with Gasteiger partial charge in [0.1, 0.15) is 30.9 Å². The topological polar surface area (TPSA) is 91.9 Å². The zero-order chi connectivity index (χ0) is 31.3. The van der Waals surface area contributed by atoms with Crippen molar-refractivity contribution in [3.63, 3.8) is 0 Å². The van der Waals surface area contributed by atoms with Crippen LogP contribution in [0, 0.1) is 11.6 Å². The highest BCUT2D eigenvalue weighted by Gasteiger charge is 2.40. The number of nitrogens with zero attached hydrogens (tertiary/aromatic N) is 2. The van der Waals surface area contributed by atoms with Crippen LogP contribution in [0.3, 0.4) is 0 Å². The maximum Gasteiger partial charge on any atom is 0.410 e. The van der Waals surface area contributed by atoms with Gasteiger partial charge in [-0.1, -0.05) is 72.8 Å². The highest BCUT2D eigenvalue weighted by molar-refractivity contribution is 6.16. The van der Waals surface area contributed by atoms with Gasteiger partial charge in [-0.15, -0.1) is 0 Å². The number of rotatable bonds is 7. The molecule has 0 spiro atoms. The van der Waals surface area contributed by atoms with Crippen molar-refractivity contribution in [1.82, 2.24) is 14.8 Å². The van der Waals surface area contributed by atoms with Crippen molar-refractivity contribution >= 4 is 28.9 Å². The molecule has 0 aliphatic carbocycles. The average molecular weight is 610 g/mol. The van der Waals surface area contributed by atoms with E-state index in [1.54, 1.807) is 6.07 Å². The van der Waals surface area contributed by atoms with Gasteiger partial charge in [-0.05, 0) is 41.5 Å². The van der Waals surface area contributed by atoms with E-state index >= 15 is 0 Å². The third kappa shape index (κ3) is 6.54. The molecule has 8 nitrogen and oxygen atoms in total. The van der Waals surface area contributed by atoms with E-state index in [1.807, 2.05) is 60.7 Å². The second kappa shape index (κ2) is 13.0. The number of ether oxygens (including phenoxy) is 2. The van der Waals surface area contributed by atoms with Crippen molar-refractivity contribution < 1.29 is 32.6 Å². The molecule has 6 rings (SSSR count). The second-order valence-corrected chi connectivity index (χ2v) is 10.7. The van der Waals surface area contributed by atoms with Crippen LogP contribution in [-0.2, 0) is 22.7 Å². The second-order valence-electron chi connectivity index (χ2n) is 10.7. The minimum atomic E-state index is -1.18. The van der Waals surface area contributed by atoms with E-state index < -0.39 is 35.6 Å². The summed E-state index contributed by atoms with van der Waals surface area (Å²) >= 11 is 0. The van der Waals surface area contributed by atoms with Crippen LogP contribution in [0.2, 0.25) is 0 Å². The Morgan fingerprint density at radius 3 is 2.04 bits per heavy atom. The van der Waals surface area contributed by atoms with Crippen molar-refractivity contribution in [1.29, 1.82) is 0 Å². The molecule has 0 radical (unpaired) electrons. The number of nitrogens with one attached hydrogen (secondary N) is 1. The molecule has 45 heavy (non-hydrogen) atoms. The van der Waals surface area contributed by atoms with Crippen molar-refractivity contribution in [2.75, 3.05) is 19.6 Å². The maximum absolute atomic E-state index is 14.5. The molecule has 1 N–H and O–H groups in total. The molecule has 1 aliphatic rings. The molecule has 2 amide bonds. The molecule has 0 bridgehead atoms. The van der Waals surface area contributed by atoms with E-state index in [0.717, 1.165) is 11.1 Å². The van der Waals surface area contributed by atoms with Crippen LogP contribution in [0.4, 0.5) is 18.4 Å². The normalized spacial score (nSPS) is 14.8. The number of ketones is 1. The molecular weight excluding hydrogens is 580 g/mol. The summed E-state index contributed by atoms with van der Waals surface area (Å²) in [6.07, 6.45) is -1.37. The van der Waals surface area contributed by atoms with E-state index in [0.29, 0.717) is 16.5 Å². The molecule has 1 aliphatic heterocycles. The van der Waals surface area contributed by atoms with E-state index in [2.05, 4.69) is 4.98 Å². The number of benzene rings is 4. The Morgan fingerprint density at radius 2 is 1.38 bits per heavy atom. The lowest BCUT2D eigenvalue weighted by molar-refractivity contribution is 0.0310. The fourth-order valence-corrected chi connectivity index (χ4v) is 5.46. The Balaban J connectivity index is 1.33. The number of piperazine rings is 1. The molecule has 1 unspecified atom stereocenters. The lowest BCUT2D eigenvalue weighted by Crippen LogP contribution is -2.59. The number of H-pyrrole nitrogens is 1. The van der Waals surface area contributed by atoms with Crippen molar-refractivity contribution in [2.45, 2.75) is 19.3 Å². The summed E-state index contributed by atoms with van der Waals surface area (Å²) in [5.41, 5.74) is 2.66. The number of Topliss-reactive ketones (excluding diaryl/α,β-unsaturated/α-hetero) is 1. The zero-order valence-corrected chi connectivity index (χ0v) is 24.1. The predicted molar refractivity (Wildman–Crippen MR) is 163 cm³/mol. The Labute approximate surface area is 257 Å². The van der Waals surface area contributed by atoms with Crippen molar-refractivity contribution in [3.05, 3.63) is 131 Å². The first-order valence-electron chi connectivity index (χ1n) is 14.4. The third-order valence-corrected chi connectivity index (χ3v) is 7.71. The molecular formula is C35H29F2N3O5. The number of fused-ring (bicyclic) bond motifs is 1. The average Bonchev–Trinajstić information content (AvgIpc) is 3.45. The summed E-state index contributed by atoms with van der Waals surface area (Å²) in [6.45, 7) is -0.0516. The summed E-state index contributed by atoms with van der Waals surface area (Å²) in [4.78, 5) is 46.9. The monoisotopic (exact) mass is 609 g/mol. The molecule has 1 fully saturated rings. The smallest absolute Gasteiger partial charge is 0.410 e. The molecule has 5 aromatic rings. The Morgan fingerprint density at radius 1 is 0.733 bits per heavy atom. The van der Waals surface area contributed by atoms with Gasteiger partial charge in [0.25, 0.3) is 0 Å². The Hall–Kier alpha value is -5.51. The number of aromatic amines is 1. The first-order valence-corrected chi connectivity index (χ1v) is 14.4. The van der Waals surface area contributed by atoms with E-state index in [1.165, 1.54) is 46.2 Å². The molecule has 228 valence electrons. The van der Waals surface area contributed by atoms with Crippen LogP contribution in [0.25, 0.3) is 22.2 Å². The van der Waals surface area contributed by atoms with Gasteiger partial charge in [0.05, 0.1) is 17.8 Å². The number of hydrogen-bond acceptors (Lipinski definition) is 5. The van der Waals surface area contributed by atoms with Crippen LogP contribution in [-0.4, -0.2) is 58.4 Å². The van der Waals surface area contributed by atoms with Gasteiger partial charge in [-0.3, -0.25) is 9.69 Å². The van der Waals surface area contributed by atoms with Crippen molar-refractivity contribution in [3.8, 4) is 11.3 Å². The highest BCUT2D eigenvalue weighted by Crippen LogP contribution is 2.33. The number of hydrogen-bond donors (Lipinski definition) is 1. The van der Waals surface area contributed by atoms with Crippen LogP contribution in [0.5, 0.6) is 0 Å². The minimum Gasteiger partial charge on any atom is -0.445 e. The molecule has 1 saturated heterocycles. The largest absolute Gasteiger partial charge is 0.445 e. The summed E-state index contributed by atoms with van der Waals surface area (Å²) in [6, 6.07) is 26.7. The van der Waals surface area contributed by atoms with Crippen LogP contribution >= 0.6 is 0 Å². The molecule has 1 atom stereocenters. The summed E-state index contributed by atoms with van der Waals surface area (Å²) in [5, 5.41) is 0.391. The lowest BCUT2D eigenvalue weighted by atomic mass is 9.95. The molecule has 2 heterocycles. The Bertz CT molecular complexity index is 1840. The summed E-state index contributed by atoms with van der Waals surface area (Å²) in [7, 11) is 0. The van der Waals surface area contributed by atoms with Gasteiger partial charge in [0.2, 0.25) is 0 Å². The van der Waals surface area contributed by atoms with E-state index in [-0.39, 0.29) is 44.1 Å².